The van der Waals surface area contributed by atoms with E-state index in [0.29, 0.717) is 5.56 Å². The Labute approximate surface area is 128 Å². The molecule has 0 heterocycles. The Morgan fingerprint density at radius 1 is 1.29 bits per heavy atom. The molecule has 0 unspecified atom stereocenters. The minimum absolute atomic E-state index is 0.0137. The van der Waals surface area contributed by atoms with Crippen molar-refractivity contribution in [2.75, 3.05) is 10.5 Å². The van der Waals surface area contributed by atoms with Crippen molar-refractivity contribution in [3.05, 3.63) is 52.5 Å². The molecule has 108 valence electrons. The fourth-order valence-electron chi connectivity index (χ4n) is 1.82. The molecule has 0 spiro atoms. The summed E-state index contributed by atoms with van der Waals surface area (Å²) in [5.74, 6) is 0. The highest BCUT2D eigenvalue weighted by atomic mass is 35.5. The highest BCUT2D eigenvalue weighted by molar-refractivity contribution is 7.92. The summed E-state index contributed by atoms with van der Waals surface area (Å²) < 4.78 is 27.3. The van der Waals surface area contributed by atoms with E-state index in [1.54, 1.807) is 19.1 Å². The van der Waals surface area contributed by atoms with Gasteiger partial charge in [0.05, 0.1) is 16.1 Å². The predicted molar refractivity (Wildman–Crippen MR) is 82.6 cm³/mol. The maximum atomic E-state index is 12.5. The highest BCUT2D eigenvalue weighted by Gasteiger charge is 2.20. The Balaban J connectivity index is 2.52. The van der Waals surface area contributed by atoms with Crippen LogP contribution in [-0.2, 0) is 10.0 Å². The van der Waals surface area contributed by atoms with E-state index in [9.17, 15) is 8.42 Å². The van der Waals surface area contributed by atoms with Crippen LogP contribution in [0, 0.1) is 18.3 Å². The van der Waals surface area contributed by atoms with Crippen LogP contribution in [0.1, 0.15) is 11.1 Å². The van der Waals surface area contributed by atoms with Crippen LogP contribution in [0.5, 0.6) is 0 Å². The van der Waals surface area contributed by atoms with Crippen molar-refractivity contribution >= 4 is 33.0 Å². The number of sulfonamides is 1. The number of hydrogen-bond acceptors (Lipinski definition) is 4. The third-order valence-corrected chi connectivity index (χ3v) is 4.66. The molecule has 0 aliphatic rings. The molecule has 0 atom stereocenters. The molecule has 0 fully saturated rings. The number of nitrogens with zero attached hydrogens (tertiary/aromatic N) is 1. The highest BCUT2D eigenvalue weighted by Crippen LogP contribution is 2.28. The molecule has 21 heavy (non-hydrogen) atoms. The van der Waals surface area contributed by atoms with Gasteiger partial charge in [-0.3, -0.25) is 4.72 Å². The molecule has 5 nitrogen and oxygen atoms in total. The second kappa shape index (κ2) is 5.64. The van der Waals surface area contributed by atoms with Crippen LogP contribution in [0.2, 0.25) is 5.02 Å². The van der Waals surface area contributed by atoms with Gasteiger partial charge in [-0.05, 0) is 36.8 Å². The average Bonchev–Trinajstić information content (AvgIpc) is 2.43. The molecule has 2 aromatic rings. The number of nitrogen functional groups attached to an aromatic ring is 1. The molecule has 0 saturated heterocycles. The number of para-hydroxylation sites is 1. The van der Waals surface area contributed by atoms with Gasteiger partial charge in [-0.25, -0.2) is 8.42 Å². The number of anilines is 2. The Kier molecular flexibility index (Phi) is 4.07. The van der Waals surface area contributed by atoms with E-state index >= 15 is 0 Å². The summed E-state index contributed by atoms with van der Waals surface area (Å²) in [5, 5.41) is 9.23. The minimum atomic E-state index is -3.89. The van der Waals surface area contributed by atoms with Crippen LogP contribution in [-0.4, -0.2) is 8.42 Å². The Bertz CT molecular complexity index is 842. The second-order valence-corrected chi connectivity index (χ2v) is 6.47. The van der Waals surface area contributed by atoms with Crippen molar-refractivity contribution in [2.24, 2.45) is 0 Å². The molecule has 2 aromatic carbocycles. The molecular weight excluding hydrogens is 310 g/mol. The molecule has 0 amide bonds. The average molecular weight is 322 g/mol. The van der Waals surface area contributed by atoms with Crippen LogP contribution < -0.4 is 10.5 Å². The first-order chi connectivity index (χ1) is 9.85. The third kappa shape index (κ3) is 3.10. The SMILES string of the molecule is Cc1c(N)cc(Cl)cc1S(=O)(=O)Nc1ccccc1C#N. The van der Waals surface area contributed by atoms with E-state index in [4.69, 9.17) is 22.6 Å². The second-order valence-electron chi connectivity index (χ2n) is 4.38. The van der Waals surface area contributed by atoms with E-state index in [1.807, 2.05) is 6.07 Å². The fraction of sp³-hybridized carbons (Fsp3) is 0.0714. The minimum Gasteiger partial charge on any atom is -0.398 e. The van der Waals surface area contributed by atoms with Crippen molar-refractivity contribution in [3.63, 3.8) is 0 Å². The number of nitriles is 1. The predicted octanol–water partition coefficient (Wildman–Crippen LogP) is 2.90. The normalized spacial score (nSPS) is 10.9. The zero-order valence-electron chi connectivity index (χ0n) is 11.1. The quantitative estimate of drug-likeness (QED) is 0.849. The van der Waals surface area contributed by atoms with Crippen molar-refractivity contribution in [3.8, 4) is 6.07 Å². The van der Waals surface area contributed by atoms with E-state index in [2.05, 4.69) is 4.72 Å². The van der Waals surface area contributed by atoms with Gasteiger partial charge in [0.15, 0.2) is 0 Å². The zero-order chi connectivity index (χ0) is 15.6. The standard InChI is InChI=1S/C14H12ClN3O2S/c1-9-12(17)6-11(15)7-14(9)21(19,20)18-13-5-3-2-4-10(13)8-16/h2-7,18H,17H2,1H3. The van der Waals surface area contributed by atoms with Crippen LogP contribution >= 0.6 is 11.6 Å². The van der Waals surface area contributed by atoms with Gasteiger partial charge in [-0.2, -0.15) is 5.26 Å². The summed E-state index contributed by atoms with van der Waals surface area (Å²) >= 11 is 5.87. The summed E-state index contributed by atoms with van der Waals surface area (Å²) in [6.07, 6.45) is 0. The lowest BCUT2D eigenvalue weighted by Gasteiger charge is -2.13. The van der Waals surface area contributed by atoms with Gasteiger partial charge in [0.1, 0.15) is 6.07 Å². The molecule has 0 aromatic heterocycles. The summed E-state index contributed by atoms with van der Waals surface area (Å²) in [7, 11) is -3.89. The van der Waals surface area contributed by atoms with E-state index in [1.165, 1.54) is 24.3 Å². The molecule has 2 rings (SSSR count). The van der Waals surface area contributed by atoms with Crippen molar-refractivity contribution in [1.29, 1.82) is 5.26 Å². The summed E-state index contributed by atoms with van der Waals surface area (Å²) in [5.41, 5.74) is 6.87. The first-order valence-corrected chi connectivity index (χ1v) is 7.79. The lowest BCUT2D eigenvalue weighted by molar-refractivity contribution is 0.600. The molecule has 3 N–H and O–H groups in total. The molecule has 0 saturated carbocycles. The van der Waals surface area contributed by atoms with Crippen molar-refractivity contribution < 1.29 is 8.42 Å². The number of benzene rings is 2. The van der Waals surface area contributed by atoms with Gasteiger partial charge < -0.3 is 5.73 Å². The first-order valence-electron chi connectivity index (χ1n) is 5.92. The largest absolute Gasteiger partial charge is 0.398 e. The monoisotopic (exact) mass is 321 g/mol. The Hall–Kier alpha value is -2.23. The molecule has 0 radical (unpaired) electrons. The van der Waals surface area contributed by atoms with Gasteiger partial charge >= 0.3 is 0 Å². The summed E-state index contributed by atoms with van der Waals surface area (Å²) in [6.45, 7) is 1.59. The van der Waals surface area contributed by atoms with Crippen LogP contribution in [0.15, 0.2) is 41.3 Å². The lowest BCUT2D eigenvalue weighted by Crippen LogP contribution is -2.15. The Morgan fingerprint density at radius 3 is 2.62 bits per heavy atom. The van der Waals surface area contributed by atoms with E-state index in [0.717, 1.165) is 0 Å². The van der Waals surface area contributed by atoms with E-state index < -0.39 is 10.0 Å². The molecule has 0 bridgehead atoms. The molecule has 7 heteroatoms. The van der Waals surface area contributed by atoms with Gasteiger partial charge in [-0.15, -0.1) is 0 Å². The lowest BCUT2D eigenvalue weighted by atomic mass is 10.2. The van der Waals surface area contributed by atoms with Gasteiger partial charge in [0.25, 0.3) is 10.0 Å². The first kappa shape index (κ1) is 15.2. The van der Waals surface area contributed by atoms with Gasteiger partial charge in [0, 0.05) is 10.7 Å². The number of hydrogen-bond donors (Lipinski definition) is 2. The maximum Gasteiger partial charge on any atom is 0.262 e. The topological polar surface area (TPSA) is 96.0 Å². The van der Waals surface area contributed by atoms with Crippen molar-refractivity contribution in [2.45, 2.75) is 11.8 Å². The Morgan fingerprint density at radius 2 is 1.95 bits per heavy atom. The fourth-order valence-corrected chi connectivity index (χ4v) is 3.49. The third-order valence-electron chi connectivity index (χ3n) is 2.95. The summed E-state index contributed by atoms with van der Waals surface area (Å²) in [6, 6.07) is 11.1. The van der Waals surface area contributed by atoms with Crippen LogP contribution in [0.25, 0.3) is 0 Å². The number of halogens is 1. The molecule has 0 aliphatic carbocycles. The smallest absolute Gasteiger partial charge is 0.262 e. The maximum absolute atomic E-state index is 12.5. The number of nitrogens with two attached hydrogens (primary N) is 1. The zero-order valence-corrected chi connectivity index (χ0v) is 12.7. The number of nitrogens with one attached hydrogen (secondary N) is 1. The summed E-state index contributed by atoms with van der Waals surface area (Å²) in [4.78, 5) is -0.0137. The van der Waals surface area contributed by atoms with E-state index in [-0.39, 0.29) is 26.9 Å². The van der Waals surface area contributed by atoms with Crippen LogP contribution in [0.3, 0.4) is 0 Å². The van der Waals surface area contributed by atoms with Crippen molar-refractivity contribution in [1.82, 2.24) is 0 Å². The van der Waals surface area contributed by atoms with Crippen LogP contribution in [0.4, 0.5) is 11.4 Å². The molecule has 0 aliphatic heterocycles. The number of rotatable bonds is 3. The molecular formula is C14H12ClN3O2S. The van der Waals surface area contributed by atoms with Gasteiger partial charge in [0.2, 0.25) is 0 Å². The van der Waals surface area contributed by atoms with Gasteiger partial charge in [-0.1, -0.05) is 23.7 Å².